The first-order valence-corrected chi connectivity index (χ1v) is 10.6. The third-order valence-corrected chi connectivity index (χ3v) is 5.85. The summed E-state index contributed by atoms with van der Waals surface area (Å²) in [6, 6.07) is 12.9. The van der Waals surface area contributed by atoms with Crippen LogP contribution < -0.4 is 10.2 Å². The van der Waals surface area contributed by atoms with Crippen molar-refractivity contribution in [1.82, 2.24) is 4.90 Å². The Hall–Kier alpha value is -3.19. The van der Waals surface area contributed by atoms with Crippen molar-refractivity contribution in [2.24, 2.45) is 5.92 Å². The third kappa shape index (κ3) is 4.46. The van der Waals surface area contributed by atoms with Gasteiger partial charge >= 0.3 is 0 Å². The molecule has 0 aliphatic carbocycles. The third-order valence-electron chi connectivity index (χ3n) is 5.85. The molecule has 2 fully saturated rings. The molecule has 0 saturated carbocycles. The molecule has 31 heavy (non-hydrogen) atoms. The van der Waals surface area contributed by atoms with Gasteiger partial charge in [0.05, 0.1) is 30.4 Å². The van der Waals surface area contributed by atoms with Crippen LogP contribution in [-0.4, -0.2) is 55.5 Å². The smallest absolute Gasteiger partial charge is 0.256 e. The summed E-state index contributed by atoms with van der Waals surface area (Å²) >= 11 is 0. The first-order valence-electron chi connectivity index (χ1n) is 10.6. The molecular weight excluding hydrogens is 394 g/mol. The van der Waals surface area contributed by atoms with Gasteiger partial charge in [0.2, 0.25) is 11.8 Å². The normalized spacial score (nSPS) is 18.9. The Morgan fingerprint density at radius 2 is 1.81 bits per heavy atom. The lowest BCUT2D eigenvalue weighted by Gasteiger charge is -2.27. The van der Waals surface area contributed by atoms with Gasteiger partial charge in [0.15, 0.2) is 0 Å². The van der Waals surface area contributed by atoms with Crippen LogP contribution in [0.25, 0.3) is 0 Å². The Labute approximate surface area is 182 Å². The summed E-state index contributed by atoms with van der Waals surface area (Å²) in [4.78, 5) is 42.0. The second-order valence-electron chi connectivity index (χ2n) is 8.13. The van der Waals surface area contributed by atoms with E-state index in [1.807, 2.05) is 32.0 Å². The Morgan fingerprint density at radius 1 is 1.06 bits per heavy atom. The number of carbonyl (C=O) groups excluding carboxylic acids is 3. The van der Waals surface area contributed by atoms with Crippen LogP contribution in [-0.2, 0) is 14.3 Å². The minimum atomic E-state index is -0.472. The van der Waals surface area contributed by atoms with E-state index in [0.29, 0.717) is 44.1 Å². The standard InChI is InChI=1S/C24H27N3O4/c1-16-7-8-21(17(2)13-16)27-15-18(14-22(27)28)23(29)25-20-6-4-3-5-19(20)24(30)26-9-11-31-12-10-26/h3-8,13,18H,9-12,14-15H2,1-2H3,(H,25,29). The summed E-state index contributed by atoms with van der Waals surface area (Å²) in [5, 5.41) is 2.89. The number of aryl methyl sites for hydroxylation is 2. The number of benzene rings is 2. The Bertz CT molecular complexity index is 1010. The largest absolute Gasteiger partial charge is 0.378 e. The van der Waals surface area contributed by atoms with E-state index in [2.05, 4.69) is 5.32 Å². The number of hydrogen-bond donors (Lipinski definition) is 1. The molecule has 2 aromatic carbocycles. The van der Waals surface area contributed by atoms with Crippen LogP contribution in [0, 0.1) is 19.8 Å². The minimum absolute atomic E-state index is 0.0650. The first-order chi connectivity index (χ1) is 14.9. The van der Waals surface area contributed by atoms with Crippen molar-refractivity contribution in [2.75, 3.05) is 43.1 Å². The molecule has 0 radical (unpaired) electrons. The van der Waals surface area contributed by atoms with E-state index in [4.69, 9.17) is 4.74 Å². The highest BCUT2D eigenvalue weighted by atomic mass is 16.5. The zero-order chi connectivity index (χ0) is 22.0. The number of morpholine rings is 1. The van der Waals surface area contributed by atoms with Crippen LogP contribution in [0.1, 0.15) is 27.9 Å². The van der Waals surface area contributed by atoms with E-state index in [0.717, 1.165) is 16.8 Å². The van der Waals surface area contributed by atoms with Crippen LogP contribution in [0.3, 0.4) is 0 Å². The summed E-state index contributed by atoms with van der Waals surface area (Å²) in [6.45, 7) is 6.39. The zero-order valence-electron chi connectivity index (χ0n) is 17.9. The van der Waals surface area contributed by atoms with Crippen LogP contribution in [0.4, 0.5) is 11.4 Å². The fourth-order valence-corrected chi connectivity index (χ4v) is 4.17. The van der Waals surface area contributed by atoms with Gasteiger partial charge in [0.25, 0.3) is 5.91 Å². The summed E-state index contributed by atoms with van der Waals surface area (Å²) in [7, 11) is 0. The van der Waals surface area contributed by atoms with Crippen molar-refractivity contribution in [3.05, 3.63) is 59.2 Å². The molecule has 0 aromatic heterocycles. The monoisotopic (exact) mass is 421 g/mol. The van der Waals surface area contributed by atoms with Crippen molar-refractivity contribution < 1.29 is 19.1 Å². The Balaban J connectivity index is 1.48. The molecule has 1 unspecified atom stereocenters. The molecule has 2 aromatic rings. The van der Waals surface area contributed by atoms with Gasteiger partial charge in [-0.3, -0.25) is 14.4 Å². The predicted molar refractivity (Wildman–Crippen MR) is 118 cm³/mol. The fourth-order valence-electron chi connectivity index (χ4n) is 4.17. The molecule has 7 heteroatoms. The van der Waals surface area contributed by atoms with Gasteiger partial charge < -0.3 is 19.9 Å². The van der Waals surface area contributed by atoms with Gasteiger partial charge in [-0.2, -0.15) is 0 Å². The van der Waals surface area contributed by atoms with Gasteiger partial charge in [-0.15, -0.1) is 0 Å². The minimum Gasteiger partial charge on any atom is -0.378 e. The molecule has 7 nitrogen and oxygen atoms in total. The molecular formula is C24H27N3O4. The van der Waals surface area contributed by atoms with E-state index < -0.39 is 5.92 Å². The Morgan fingerprint density at radius 3 is 2.55 bits per heavy atom. The summed E-state index contributed by atoms with van der Waals surface area (Å²) in [6.07, 6.45) is 0.152. The van der Waals surface area contributed by atoms with Crippen molar-refractivity contribution in [1.29, 1.82) is 0 Å². The highest BCUT2D eigenvalue weighted by molar-refractivity contribution is 6.07. The average Bonchev–Trinajstić information content (AvgIpc) is 3.16. The maximum Gasteiger partial charge on any atom is 0.256 e. The summed E-state index contributed by atoms with van der Waals surface area (Å²) in [5.41, 5.74) is 3.91. The van der Waals surface area contributed by atoms with Gasteiger partial charge in [0.1, 0.15) is 0 Å². The van der Waals surface area contributed by atoms with Gasteiger partial charge in [0, 0.05) is 31.7 Å². The molecule has 2 saturated heterocycles. The number of ether oxygens (including phenoxy) is 1. The molecule has 162 valence electrons. The Kier molecular flexibility index (Phi) is 6.04. The number of nitrogens with one attached hydrogen (secondary N) is 1. The summed E-state index contributed by atoms with van der Waals surface area (Å²) < 4.78 is 5.32. The molecule has 1 atom stereocenters. The van der Waals surface area contributed by atoms with Crippen LogP contribution in [0.15, 0.2) is 42.5 Å². The first kappa shape index (κ1) is 21.1. The number of carbonyl (C=O) groups is 3. The van der Waals surface area contributed by atoms with Crippen LogP contribution in [0.2, 0.25) is 0 Å². The van der Waals surface area contributed by atoms with E-state index >= 15 is 0 Å². The number of para-hydroxylation sites is 1. The van der Waals surface area contributed by atoms with E-state index in [1.54, 1.807) is 34.1 Å². The van der Waals surface area contributed by atoms with E-state index in [9.17, 15) is 14.4 Å². The topological polar surface area (TPSA) is 79.0 Å². The number of hydrogen-bond acceptors (Lipinski definition) is 4. The molecule has 4 rings (SSSR count). The summed E-state index contributed by atoms with van der Waals surface area (Å²) in [5.74, 6) is -0.911. The van der Waals surface area contributed by atoms with E-state index in [1.165, 1.54) is 0 Å². The molecule has 0 spiro atoms. The molecule has 2 heterocycles. The second kappa shape index (κ2) is 8.89. The van der Waals surface area contributed by atoms with Gasteiger partial charge in [-0.1, -0.05) is 29.8 Å². The van der Waals surface area contributed by atoms with E-state index in [-0.39, 0.29) is 24.1 Å². The van der Waals surface area contributed by atoms with Crippen molar-refractivity contribution in [3.8, 4) is 0 Å². The molecule has 2 aliphatic rings. The van der Waals surface area contributed by atoms with Crippen molar-refractivity contribution >= 4 is 29.1 Å². The fraction of sp³-hybridized carbons (Fsp3) is 0.375. The average molecular weight is 421 g/mol. The maximum absolute atomic E-state index is 13.0. The zero-order valence-corrected chi connectivity index (χ0v) is 17.9. The lowest BCUT2D eigenvalue weighted by Crippen LogP contribution is -2.41. The number of nitrogens with zero attached hydrogens (tertiary/aromatic N) is 2. The van der Waals surface area contributed by atoms with Crippen molar-refractivity contribution in [2.45, 2.75) is 20.3 Å². The van der Waals surface area contributed by atoms with Crippen LogP contribution in [0.5, 0.6) is 0 Å². The highest BCUT2D eigenvalue weighted by Gasteiger charge is 2.36. The van der Waals surface area contributed by atoms with Gasteiger partial charge in [-0.25, -0.2) is 0 Å². The SMILES string of the molecule is Cc1ccc(N2CC(C(=O)Nc3ccccc3C(=O)N3CCOCC3)CC2=O)c(C)c1. The lowest BCUT2D eigenvalue weighted by atomic mass is 10.1. The number of rotatable bonds is 4. The predicted octanol–water partition coefficient (Wildman–Crippen LogP) is 2.77. The van der Waals surface area contributed by atoms with Gasteiger partial charge in [-0.05, 0) is 37.6 Å². The quantitative estimate of drug-likeness (QED) is 0.823. The molecule has 0 bridgehead atoms. The molecule has 2 aliphatic heterocycles. The molecule has 3 amide bonds. The number of amides is 3. The second-order valence-corrected chi connectivity index (χ2v) is 8.13. The molecule has 1 N–H and O–H groups in total. The maximum atomic E-state index is 13.0. The highest BCUT2D eigenvalue weighted by Crippen LogP contribution is 2.29. The number of anilines is 2. The lowest BCUT2D eigenvalue weighted by molar-refractivity contribution is -0.122. The van der Waals surface area contributed by atoms with Crippen molar-refractivity contribution in [3.63, 3.8) is 0 Å². The van der Waals surface area contributed by atoms with Crippen LogP contribution >= 0.6 is 0 Å².